The van der Waals surface area contributed by atoms with Crippen LogP contribution in [0.1, 0.15) is 0 Å². The Kier molecular flexibility index (Phi) is 2.15. The molecule has 0 N–H and O–H groups in total. The Labute approximate surface area is 87.1 Å². The van der Waals surface area contributed by atoms with Crippen LogP contribution in [0.25, 0.3) is 10.8 Å². The van der Waals surface area contributed by atoms with Crippen molar-refractivity contribution in [3.63, 3.8) is 0 Å². The van der Waals surface area contributed by atoms with Crippen LogP contribution in [0.2, 0.25) is 0 Å². The van der Waals surface area contributed by atoms with Crippen molar-refractivity contribution in [2.45, 2.75) is 0 Å². The van der Waals surface area contributed by atoms with Crippen molar-refractivity contribution in [2.75, 3.05) is 0 Å². The highest BCUT2D eigenvalue weighted by Gasteiger charge is 1.97. The zero-order valence-electron chi connectivity index (χ0n) is 6.09. The summed E-state index contributed by atoms with van der Waals surface area (Å²) < 4.78 is 2.11. The first-order chi connectivity index (χ1) is 5.77. The van der Waals surface area contributed by atoms with E-state index < -0.39 is 0 Å². The van der Waals surface area contributed by atoms with E-state index in [1.54, 1.807) is 6.20 Å². The normalized spacial score (nSPS) is 10.5. The van der Waals surface area contributed by atoms with Gasteiger partial charge in [0.25, 0.3) is 0 Å². The molecule has 0 fully saturated rings. The van der Waals surface area contributed by atoms with Crippen LogP contribution in [-0.2, 0) is 0 Å². The van der Waals surface area contributed by atoms with E-state index in [-0.39, 0.29) is 0 Å². The molecule has 1 heterocycles. The molecule has 0 saturated heterocycles. The van der Waals surface area contributed by atoms with E-state index in [1.165, 1.54) is 5.39 Å². The molecule has 0 radical (unpaired) electrons. The smallest absolute Gasteiger partial charge is 0.0437 e. The second kappa shape index (κ2) is 3.15. The van der Waals surface area contributed by atoms with Crippen molar-refractivity contribution in [3.8, 4) is 0 Å². The SMILES string of the molecule is Brc1ccc2c(Br)cncc2c1. The molecule has 60 valence electrons. The topological polar surface area (TPSA) is 12.9 Å². The minimum Gasteiger partial charge on any atom is -0.263 e. The quantitative estimate of drug-likeness (QED) is 0.719. The third-order valence-corrected chi connectivity index (χ3v) is 2.80. The van der Waals surface area contributed by atoms with E-state index in [9.17, 15) is 0 Å². The molecule has 0 amide bonds. The summed E-state index contributed by atoms with van der Waals surface area (Å²) in [7, 11) is 0. The number of pyridine rings is 1. The summed E-state index contributed by atoms with van der Waals surface area (Å²) in [6.45, 7) is 0. The molecule has 0 unspecified atom stereocenters. The van der Waals surface area contributed by atoms with Crippen molar-refractivity contribution >= 4 is 42.6 Å². The first-order valence-corrected chi connectivity index (χ1v) is 5.05. The van der Waals surface area contributed by atoms with Crippen LogP contribution < -0.4 is 0 Å². The highest BCUT2D eigenvalue weighted by atomic mass is 79.9. The van der Waals surface area contributed by atoms with Gasteiger partial charge in [-0.3, -0.25) is 4.98 Å². The maximum absolute atomic E-state index is 4.09. The molecular formula is C9H5Br2N. The third-order valence-electron chi connectivity index (χ3n) is 1.67. The number of rotatable bonds is 0. The van der Waals surface area contributed by atoms with Crippen molar-refractivity contribution in [2.24, 2.45) is 0 Å². The Bertz CT molecular complexity index is 426. The molecular weight excluding hydrogens is 282 g/mol. The molecule has 1 nitrogen and oxygen atoms in total. The van der Waals surface area contributed by atoms with Crippen LogP contribution in [0.3, 0.4) is 0 Å². The monoisotopic (exact) mass is 285 g/mol. The minimum atomic E-state index is 1.03. The zero-order chi connectivity index (χ0) is 8.55. The predicted octanol–water partition coefficient (Wildman–Crippen LogP) is 3.76. The van der Waals surface area contributed by atoms with Gasteiger partial charge in [0.05, 0.1) is 0 Å². The van der Waals surface area contributed by atoms with Crippen molar-refractivity contribution in [1.82, 2.24) is 4.98 Å². The van der Waals surface area contributed by atoms with Gasteiger partial charge in [-0.1, -0.05) is 22.0 Å². The molecule has 0 aliphatic heterocycles. The Morgan fingerprint density at radius 1 is 1.08 bits per heavy atom. The van der Waals surface area contributed by atoms with E-state index in [4.69, 9.17) is 0 Å². The first kappa shape index (κ1) is 8.20. The van der Waals surface area contributed by atoms with E-state index in [0.717, 1.165) is 14.3 Å². The first-order valence-electron chi connectivity index (χ1n) is 3.46. The van der Waals surface area contributed by atoms with Crippen LogP contribution in [0.15, 0.2) is 39.5 Å². The molecule has 3 heteroatoms. The lowest BCUT2D eigenvalue weighted by Crippen LogP contribution is -1.77. The highest BCUT2D eigenvalue weighted by molar-refractivity contribution is 9.11. The molecule has 0 aliphatic rings. The summed E-state index contributed by atoms with van der Waals surface area (Å²) in [5, 5.41) is 2.33. The fourth-order valence-electron chi connectivity index (χ4n) is 1.11. The van der Waals surface area contributed by atoms with Crippen molar-refractivity contribution < 1.29 is 0 Å². The van der Waals surface area contributed by atoms with Crippen molar-refractivity contribution in [1.29, 1.82) is 0 Å². The van der Waals surface area contributed by atoms with Gasteiger partial charge in [0.2, 0.25) is 0 Å². The van der Waals surface area contributed by atoms with Gasteiger partial charge in [-0.2, -0.15) is 0 Å². The van der Waals surface area contributed by atoms with E-state index in [1.807, 2.05) is 18.3 Å². The number of nitrogens with zero attached hydrogens (tertiary/aromatic N) is 1. The van der Waals surface area contributed by atoms with Crippen LogP contribution in [0, 0.1) is 0 Å². The number of hydrogen-bond donors (Lipinski definition) is 0. The summed E-state index contributed by atoms with van der Waals surface area (Å²) in [5.74, 6) is 0. The molecule has 1 aromatic heterocycles. The molecule has 2 aromatic rings. The fourth-order valence-corrected chi connectivity index (χ4v) is 1.97. The Hall–Kier alpha value is -0.410. The van der Waals surface area contributed by atoms with Gasteiger partial charge in [-0.05, 0) is 33.4 Å². The number of aromatic nitrogens is 1. The van der Waals surface area contributed by atoms with Crippen molar-refractivity contribution in [3.05, 3.63) is 39.5 Å². The van der Waals surface area contributed by atoms with Gasteiger partial charge >= 0.3 is 0 Å². The van der Waals surface area contributed by atoms with E-state index in [0.29, 0.717) is 0 Å². The average molecular weight is 287 g/mol. The number of halogens is 2. The number of hydrogen-bond acceptors (Lipinski definition) is 1. The van der Waals surface area contributed by atoms with Gasteiger partial charge in [0.15, 0.2) is 0 Å². The zero-order valence-corrected chi connectivity index (χ0v) is 9.26. The molecule has 12 heavy (non-hydrogen) atoms. The molecule has 0 saturated carbocycles. The summed E-state index contributed by atoms with van der Waals surface area (Å²) >= 11 is 6.86. The highest BCUT2D eigenvalue weighted by Crippen LogP contribution is 2.24. The average Bonchev–Trinajstić information content (AvgIpc) is 2.04. The number of benzene rings is 1. The lowest BCUT2D eigenvalue weighted by atomic mass is 10.2. The Morgan fingerprint density at radius 2 is 1.92 bits per heavy atom. The summed E-state index contributed by atoms with van der Waals surface area (Å²) in [4.78, 5) is 4.09. The minimum absolute atomic E-state index is 1.03. The second-order valence-corrected chi connectivity index (χ2v) is 4.26. The maximum atomic E-state index is 4.09. The molecule has 0 spiro atoms. The van der Waals surface area contributed by atoms with Crippen LogP contribution >= 0.6 is 31.9 Å². The molecule has 2 rings (SSSR count). The lowest BCUT2D eigenvalue weighted by Gasteiger charge is -1.99. The second-order valence-electron chi connectivity index (χ2n) is 2.49. The van der Waals surface area contributed by atoms with Gasteiger partial charge in [0.1, 0.15) is 0 Å². The molecule has 1 aromatic carbocycles. The molecule has 0 atom stereocenters. The predicted molar refractivity (Wildman–Crippen MR) is 57.1 cm³/mol. The molecule has 0 bridgehead atoms. The van der Waals surface area contributed by atoms with Gasteiger partial charge in [0, 0.05) is 26.7 Å². The Balaban J connectivity index is 2.86. The summed E-state index contributed by atoms with van der Waals surface area (Å²) in [6.07, 6.45) is 3.65. The maximum Gasteiger partial charge on any atom is 0.0437 e. The van der Waals surface area contributed by atoms with Gasteiger partial charge in [-0.25, -0.2) is 0 Å². The van der Waals surface area contributed by atoms with Crippen LogP contribution in [-0.4, -0.2) is 4.98 Å². The summed E-state index contributed by atoms with van der Waals surface area (Å²) in [5.41, 5.74) is 0. The van der Waals surface area contributed by atoms with E-state index in [2.05, 4.69) is 42.9 Å². The standard InChI is InChI=1S/C9H5Br2N/c10-7-1-2-8-6(3-7)4-12-5-9(8)11/h1-5H. The van der Waals surface area contributed by atoms with Gasteiger partial charge in [-0.15, -0.1) is 0 Å². The van der Waals surface area contributed by atoms with E-state index >= 15 is 0 Å². The molecule has 0 aliphatic carbocycles. The fraction of sp³-hybridized carbons (Fsp3) is 0. The van der Waals surface area contributed by atoms with Crippen LogP contribution in [0.4, 0.5) is 0 Å². The van der Waals surface area contributed by atoms with Gasteiger partial charge < -0.3 is 0 Å². The summed E-state index contributed by atoms with van der Waals surface area (Å²) in [6, 6.07) is 6.13. The lowest BCUT2D eigenvalue weighted by molar-refractivity contribution is 1.35. The largest absolute Gasteiger partial charge is 0.263 e. The Morgan fingerprint density at radius 3 is 2.75 bits per heavy atom. The van der Waals surface area contributed by atoms with Crippen LogP contribution in [0.5, 0.6) is 0 Å². The number of fused-ring (bicyclic) bond motifs is 1. The third kappa shape index (κ3) is 1.39.